The number of nitro groups is 1. The van der Waals surface area contributed by atoms with E-state index in [-0.39, 0.29) is 46.3 Å². The van der Waals surface area contributed by atoms with Gasteiger partial charge in [0, 0.05) is 30.3 Å². The third-order valence-electron chi connectivity index (χ3n) is 8.05. The second-order valence-electron chi connectivity index (χ2n) is 11.4. The topological polar surface area (TPSA) is 166 Å². The monoisotopic (exact) mass is 723 g/mol. The van der Waals surface area contributed by atoms with E-state index in [0.717, 1.165) is 17.0 Å². The number of ether oxygens (including phenoxy) is 4. The molecule has 1 aliphatic heterocycles. The Kier molecular flexibility index (Phi) is 10.1. The second kappa shape index (κ2) is 14.9. The molecule has 0 bridgehead atoms. The van der Waals surface area contributed by atoms with E-state index in [1.54, 1.807) is 55.9 Å². The molecule has 1 aliphatic rings. The molecule has 0 spiro atoms. The van der Waals surface area contributed by atoms with E-state index in [0.29, 0.717) is 32.9 Å². The third kappa shape index (κ3) is 6.85. The van der Waals surface area contributed by atoms with Crippen LogP contribution < -0.4 is 29.1 Å². The van der Waals surface area contributed by atoms with Crippen LogP contribution in [-0.4, -0.2) is 51.5 Å². The molecule has 0 amide bonds. The Morgan fingerprint density at radius 2 is 1.77 bits per heavy atom. The Morgan fingerprint density at radius 3 is 2.44 bits per heavy atom. The smallest absolute Gasteiger partial charge is 0.338 e. The minimum absolute atomic E-state index is 0.0966. The first-order valence-electron chi connectivity index (χ1n) is 16.2. The summed E-state index contributed by atoms with van der Waals surface area (Å²) in [5.41, 5.74) is 2.36. The van der Waals surface area contributed by atoms with Crippen LogP contribution in [0.1, 0.15) is 44.9 Å². The molecule has 266 valence electrons. The zero-order valence-corrected chi connectivity index (χ0v) is 29.6. The maximum Gasteiger partial charge on any atom is 0.338 e. The molecular weight excluding hydrogens is 691 g/mol. The summed E-state index contributed by atoms with van der Waals surface area (Å²) < 4.78 is 25.0. The molecule has 0 radical (unpaired) electrons. The van der Waals surface area contributed by atoms with Gasteiger partial charge in [-0.05, 0) is 68.8 Å². The highest BCUT2D eigenvalue weighted by Crippen LogP contribution is 2.37. The van der Waals surface area contributed by atoms with Crippen molar-refractivity contribution in [2.75, 3.05) is 20.3 Å². The number of fused-ring (bicyclic) bond motifs is 1. The van der Waals surface area contributed by atoms with Crippen LogP contribution in [0.4, 0.5) is 5.69 Å². The van der Waals surface area contributed by atoms with Gasteiger partial charge in [-0.1, -0.05) is 35.6 Å². The van der Waals surface area contributed by atoms with Gasteiger partial charge >= 0.3 is 17.6 Å². The lowest BCUT2D eigenvalue weighted by atomic mass is 9.95. The number of nitro benzene ring substituents is 1. The average Bonchev–Trinajstić information content (AvgIpc) is 3.68. The fourth-order valence-corrected chi connectivity index (χ4v) is 6.89. The van der Waals surface area contributed by atoms with Crippen molar-refractivity contribution >= 4 is 35.0 Å². The fraction of sp³-hybridized carbons (Fsp3) is 0.216. The number of benzene rings is 3. The van der Waals surface area contributed by atoms with E-state index in [1.807, 2.05) is 30.3 Å². The number of carbonyl (C=O) groups excluding carboxylic acids is 2. The van der Waals surface area contributed by atoms with E-state index in [4.69, 9.17) is 24.0 Å². The SMILES string of the molecule is CCOC(=O)C1=C(C)N=c2sc(=Cc3cn(-c4ccccc4)nc3-c3ccc(OCC)c([N+](=O)[O-])c3)c(=O)n2C1c1ccc(OC(C)=O)c(OC)c1. The lowest BCUT2D eigenvalue weighted by Gasteiger charge is -2.25. The largest absolute Gasteiger partial charge is 0.493 e. The highest BCUT2D eigenvalue weighted by Gasteiger charge is 2.34. The molecule has 6 rings (SSSR count). The Hall–Kier alpha value is -6.35. The second-order valence-corrected chi connectivity index (χ2v) is 12.4. The van der Waals surface area contributed by atoms with Gasteiger partial charge < -0.3 is 18.9 Å². The Morgan fingerprint density at radius 1 is 1.02 bits per heavy atom. The molecule has 0 saturated heterocycles. The maximum atomic E-state index is 14.5. The standard InChI is InChI=1S/C37H33N5O9S/c1-6-49-28-15-13-23(17-27(28)42(46)47)33-25(20-40(39-33)26-11-9-8-10-12-26)19-31-35(44)41-34(24-14-16-29(51-22(4)43)30(18-24)48-5)32(36(45)50-7-2)21(3)38-37(41)52-31/h8-20,34H,6-7H2,1-5H3. The highest BCUT2D eigenvalue weighted by molar-refractivity contribution is 7.07. The zero-order valence-electron chi connectivity index (χ0n) is 28.8. The lowest BCUT2D eigenvalue weighted by molar-refractivity contribution is -0.385. The van der Waals surface area contributed by atoms with Crippen molar-refractivity contribution in [2.24, 2.45) is 4.99 Å². The number of allylic oxidation sites excluding steroid dienone is 1. The van der Waals surface area contributed by atoms with E-state index in [1.165, 1.54) is 36.8 Å². The van der Waals surface area contributed by atoms with Crippen LogP contribution in [-0.2, 0) is 14.3 Å². The predicted octanol–water partition coefficient (Wildman–Crippen LogP) is 4.89. The van der Waals surface area contributed by atoms with Crippen LogP contribution in [0, 0.1) is 10.1 Å². The first kappa shape index (κ1) is 35.5. The molecule has 1 unspecified atom stereocenters. The Balaban J connectivity index is 1.57. The van der Waals surface area contributed by atoms with Gasteiger partial charge in [0.25, 0.3) is 5.56 Å². The number of hydrogen-bond donors (Lipinski definition) is 0. The van der Waals surface area contributed by atoms with Gasteiger partial charge in [-0.3, -0.25) is 24.3 Å². The van der Waals surface area contributed by atoms with Gasteiger partial charge in [-0.2, -0.15) is 5.10 Å². The fourth-order valence-electron chi connectivity index (χ4n) is 5.86. The number of carbonyl (C=O) groups is 2. The molecule has 3 heterocycles. The number of methoxy groups -OCH3 is 1. The molecule has 52 heavy (non-hydrogen) atoms. The number of thiazole rings is 1. The summed E-state index contributed by atoms with van der Waals surface area (Å²) in [5.74, 6) is -0.678. The molecule has 0 aliphatic carbocycles. The summed E-state index contributed by atoms with van der Waals surface area (Å²) in [7, 11) is 1.41. The predicted molar refractivity (Wildman–Crippen MR) is 192 cm³/mol. The summed E-state index contributed by atoms with van der Waals surface area (Å²) >= 11 is 1.11. The number of rotatable bonds is 11. The highest BCUT2D eigenvalue weighted by atomic mass is 32.1. The van der Waals surface area contributed by atoms with Crippen molar-refractivity contribution in [2.45, 2.75) is 33.7 Å². The van der Waals surface area contributed by atoms with E-state index in [2.05, 4.69) is 4.99 Å². The molecule has 1 atom stereocenters. The van der Waals surface area contributed by atoms with Crippen LogP contribution in [0.3, 0.4) is 0 Å². The molecule has 0 fully saturated rings. The Bertz CT molecular complexity index is 2430. The van der Waals surface area contributed by atoms with Crippen LogP contribution in [0.2, 0.25) is 0 Å². The summed E-state index contributed by atoms with van der Waals surface area (Å²) in [5, 5.41) is 16.8. The van der Waals surface area contributed by atoms with Crippen molar-refractivity contribution < 1.29 is 33.5 Å². The normalized spacial score (nSPS) is 14.0. The number of nitrogens with zero attached hydrogens (tertiary/aromatic N) is 5. The van der Waals surface area contributed by atoms with Crippen molar-refractivity contribution in [3.63, 3.8) is 0 Å². The molecule has 14 nitrogen and oxygen atoms in total. The van der Waals surface area contributed by atoms with Crippen molar-refractivity contribution in [3.05, 3.63) is 125 Å². The molecular formula is C37H33N5O9S. The first-order chi connectivity index (χ1) is 25.0. The third-order valence-corrected chi connectivity index (χ3v) is 9.04. The molecule has 3 aromatic carbocycles. The molecule has 0 N–H and O–H groups in total. The minimum atomic E-state index is -0.974. The van der Waals surface area contributed by atoms with Gasteiger partial charge in [0.15, 0.2) is 22.0 Å². The van der Waals surface area contributed by atoms with Crippen molar-refractivity contribution in [1.29, 1.82) is 0 Å². The van der Waals surface area contributed by atoms with Crippen LogP contribution in [0.5, 0.6) is 17.2 Å². The Labute approximate surface area is 300 Å². The van der Waals surface area contributed by atoms with Gasteiger partial charge in [-0.25, -0.2) is 14.5 Å². The van der Waals surface area contributed by atoms with E-state index < -0.39 is 28.5 Å². The first-order valence-corrected chi connectivity index (χ1v) is 17.0. The minimum Gasteiger partial charge on any atom is -0.493 e. The number of para-hydroxylation sites is 1. The number of hydrogen-bond acceptors (Lipinski definition) is 12. The quantitative estimate of drug-likeness (QED) is 0.0793. The van der Waals surface area contributed by atoms with Crippen molar-refractivity contribution in [3.8, 4) is 34.2 Å². The van der Waals surface area contributed by atoms with Crippen LogP contribution >= 0.6 is 11.3 Å². The maximum absolute atomic E-state index is 14.5. The van der Waals surface area contributed by atoms with E-state index >= 15 is 0 Å². The lowest BCUT2D eigenvalue weighted by Crippen LogP contribution is -2.40. The molecule has 0 saturated carbocycles. The molecule has 2 aromatic heterocycles. The number of aromatic nitrogens is 3. The molecule has 5 aromatic rings. The number of esters is 2. The summed E-state index contributed by atoms with van der Waals surface area (Å²) in [6.45, 7) is 6.70. The summed E-state index contributed by atoms with van der Waals surface area (Å²) in [6.07, 6.45) is 3.38. The molecule has 15 heteroatoms. The summed E-state index contributed by atoms with van der Waals surface area (Å²) in [4.78, 5) is 56.1. The van der Waals surface area contributed by atoms with Gasteiger partial charge in [0.2, 0.25) is 0 Å². The van der Waals surface area contributed by atoms with Crippen LogP contribution in [0.25, 0.3) is 23.0 Å². The van der Waals surface area contributed by atoms with Crippen molar-refractivity contribution in [1.82, 2.24) is 14.3 Å². The van der Waals surface area contributed by atoms with Gasteiger partial charge in [-0.15, -0.1) is 0 Å². The zero-order chi connectivity index (χ0) is 37.1. The van der Waals surface area contributed by atoms with E-state index in [9.17, 15) is 24.5 Å². The van der Waals surface area contributed by atoms with Gasteiger partial charge in [0.05, 0.1) is 52.8 Å². The van der Waals surface area contributed by atoms with Crippen LogP contribution in [0.15, 0.2) is 94.0 Å². The average molecular weight is 724 g/mol. The summed E-state index contributed by atoms with van der Waals surface area (Å²) in [6, 6.07) is 17.7. The van der Waals surface area contributed by atoms with Gasteiger partial charge in [0.1, 0.15) is 5.69 Å².